The van der Waals surface area contributed by atoms with Crippen molar-refractivity contribution in [2.45, 2.75) is 12.5 Å². The van der Waals surface area contributed by atoms with Crippen LogP contribution >= 0.6 is 0 Å². The van der Waals surface area contributed by atoms with Crippen LogP contribution in [0.3, 0.4) is 0 Å². The largest absolute Gasteiger partial charge is 0.444 e. The van der Waals surface area contributed by atoms with Crippen LogP contribution in [-0.4, -0.2) is 18.7 Å². The van der Waals surface area contributed by atoms with Crippen molar-refractivity contribution in [2.24, 2.45) is 0 Å². The first-order chi connectivity index (χ1) is 6.74. The second-order valence-electron chi connectivity index (χ2n) is 3.35. The second-order valence-corrected chi connectivity index (χ2v) is 3.35. The zero-order valence-corrected chi connectivity index (χ0v) is 7.69. The van der Waals surface area contributed by atoms with Gasteiger partial charge in [-0.1, -0.05) is 12.1 Å². The zero-order chi connectivity index (χ0) is 9.97. The Kier molecular flexibility index (Phi) is 2.26. The van der Waals surface area contributed by atoms with E-state index in [-0.39, 0.29) is 12.2 Å². The number of anilines is 1. The summed E-state index contributed by atoms with van der Waals surface area (Å²) < 4.78 is 5.01. The van der Waals surface area contributed by atoms with Gasteiger partial charge in [-0.05, 0) is 17.7 Å². The molecule has 1 aromatic rings. The minimum atomic E-state index is -0.328. The van der Waals surface area contributed by atoms with Crippen molar-refractivity contribution in [3.63, 3.8) is 0 Å². The Bertz CT molecular complexity index is 334. The normalized spacial score (nSPS) is 20.3. The highest BCUT2D eigenvalue weighted by atomic mass is 16.6. The summed E-state index contributed by atoms with van der Waals surface area (Å²) in [7, 11) is 0. The van der Waals surface area contributed by atoms with Crippen molar-refractivity contribution in [2.75, 3.05) is 12.3 Å². The molecule has 1 amide bonds. The first kappa shape index (κ1) is 8.87. The molecule has 2 rings (SSSR count). The number of hydrogen-bond acceptors (Lipinski definition) is 3. The molecule has 0 unspecified atom stereocenters. The van der Waals surface area contributed by atoms with E-state index < -0.39 is 0 Å². The third kappa shape index (κ3) is 1.96. The smallest absolute Gasteiger partial charge is 0.407 e. The van der Waals surface area contributed by atoms with Crippen LogP contribution in [0.1, 0.15) is 5.56 Å². The molecule has 74 valence electrons. The Hall–Kier alpha value is -1.71. The lowest BCUT2D eigenvalue weighted by Gasteiger charge is -2.07. The maximum absolute atomic E-state index is 10.7. The predicted octanol–water partition coefficient (Wildman–Crippen LogP) is 0.920. The number of cyclic esters (lactones) is 1. The molecule has 4 nitrogen and oxygen atoms in total. The first-order valence-electron chi connectivity index (χ1n) is 4.53. The molecule has 1 fully saturated rings. The van der Waals surface area contributed by atoms with Crippen LogP contribution in [0.15, 0.2) is 24.3 Å². The number of nitrogen functional groups attached to an aromatic ring is 1. The summed E-state index contributed by atoms with van der Waals surface area (Å²) in [6.45, 7) is 0.587. The highest BCUT2D eigenvalue weighted by Crippen LogP contribution is 2.11. The number of hydrogen-bond donors (Lipinski definition) is 2. The molecular weight excluding hydrogens is 180 g/mol. The van der Waals surface area contributed by atoms with Crippen LogP contribution in [0.25, 0.3) is 0 Å². The van der Waals surface area contributed by atoms with Crippen LogP contribution in [0.5, 0.6) is 0 Å². The van der Waals surface area contributed by atoms with E-state index in [1.54, 1.807) is 0 Å². The third-order valence-corrected chi connectivity index (χ3v) is 2.19. The van der Waals surface area contributed by atoms with Gasteiger partial charge in [-0.2, -0.15) is 0 Å². The molecular formula is C10H12N2O2. The molecule has 4 heteroatoms. The van der Waals surface area contributed by atoms with Gasteiger partial charge in [-0.3, -0.25) is 0 Å². The maximum Gasteiger partial charge on any atom is 0.407 e. The van der Waals surface area contributed by atoms with Gasteiger partial charge in [0.1, 0.15) is 6.10 Å². The fourth-order valence-electron chi connectivity index (χ4n) is 1.46. The summed E-state index contributed by atoms with van der Waals surface area (Å²) in [5, 5.41) is 2.62. The van der Waals surface area contributed by atoms with E-state index >= 15 is 0 Å². The lowest BCUT2D eigenvalue weighted by molar-refractivity contribution is 0.140. The van der Waals surface area contributed by atoms with Crippen molar-refractivity contribution in [1.29, 1.82) is 0 Å². The average Bonchev–Trinajstić information content (AvgIpc) is 2.56. The molecule has 1 heterocycles. The molecule has 0 radical (unpaired) electrons. The Labute approximate surface area is 82.1 Å². The molecule has 1 aromatic carbocycles. The van der Waals surface area contributed by atoms with E-state index in [4.69, 9.17) is 10.5 Å². The van der Waals surface area contributed by atoms with E-state index in [9.17, 15) is 4.79 Å². The van der Waals surface area contributed by atoms with Gasteiger partial charge in [-0.15, -0.1) is 0 Å². The SMILES string of the molecule is Nc1ccc(C[C@@H]2CNC(=O)O2)cc1. The van der Waals surface area contributed by atoms with Crippen molar-refractivity contribution in [3.8, 4) is 0 Å². The lowest BCUT2D eigenvalue weighted by atomic mass is 10.1. The molecule has 0 saturated carbocycles. The van der Waals surface area contributed by atoms with Gasteiger partial charge in [0.25, 0.3) is 0 Å². The van der Waals surface area contributed by atoms with Gasteiger partial charge in [0, 0.05) is 12.1 Å². The van der Waals surface area contributed by atoms with Crippen molar-refractivity contribution < 1.29 is 9.53 Å². The molecule has 1 saturated heterocycles. The maximum atomic E-state index is 10.7. The number of nitrogens with one attached hydrogen (secondary N) is 1. The van der Waals surface area contributed by atoms with Gasteiger partial charge in [-0.25, -0.2) is 4.79 Å². The van der Waals surface area contributed by atoms with E-state index in [1.807, 2.05) is 24.3 Å². The summed E-state index contributed by atoms with van der Waals surface area (Å²) in [6.07, 6.45) is 0.357. The molecule has 0 spiro atoms. The Morgan fingerprint density at radius 3 is 2.71 bits per heavy atom. The quantitative estimate of drug-likeness (QED) is 0.685. The van der Waals surface area contributed by atoms with Crippen LogP contribution in [0.2, 0.25) is 0 Å². The summed E-state index contributed by atoms with van der Waals surface area (Å²) in [5.74, 6) is 0. The van der Waals surface area contributed by atoms with Crippen LogP contribution < -0.4 is 11.1 Å². The average molecular weight is 192 g/mol. The highest BCUT2D eigenvalue weighted by molar-refractivity contribution is 5.69. The summed E-state index contributed by atoms with van der Waals surface area (Å²) in [4.78, 5) is 10.7. The number of amides is 1. The molecule has 1 aliphatic rings. The summed E-state index contributed by atoms with van der Waals surface area (Å²) in [5.41, 5.74) is 7.43. The molecule has 0 aliphatic carbocycles. The molecule has 0 aromatic heterocycles. The molecule has 0 bridgehead atoms. The van der Waals surface area contributed by atoms with Gasteiger partial charge in [0.2, 0.25) is 0 Å². The van der Waals surface area contributed by atoms with Crippen LogP contribution in [0.4, 0.5) is 10.5 Å². The number of carbonyl (C=O) groups is 1. The number of rotatable bonds is 2. The lowest BCUT2D eigenvalue weighted by Crippen LogP contribution is -2.16. The van der Waals surface area contributed by atoms with Crippen molar-refractivity contribution in [1.82, 2.24) is 5.32 Å². The van der Waals surface area contributed by atoms with Crippen molar-refractivity contribution in [3.05, 3.63) is 29.8 Å². The molecule has 3 N–H and O–H groups in total. The standard InChI is InChI=1S/C10H12N2O2/c11-8-3-1-7(2-4-8)5-9-6-12-10(13)14-9/h1-4,9H,5-6,11H2,(H,12,13)/t9-/m1/s1. The second kappa shape index (κ2) is 3.57. The molecule has 1 aliphatic heterocycles. The summed E-state index contributed by atoms with van der Waals surface area (Å²) in [6, 6.07) is 7.59. The van der Waals surface area contributed by atoms with Gasteiger partial charge >= 0.3 is 6.09 Å². The fraction of sp³-hybridized carbons (Fsp3) is 0.300. The number of carbonyl (C=O) groups excluding carboxylic acids is 1. The summed E-state index contributed by atoms with van der Waals surface area (Å²) >= 11 is 0. The highest BCUT2D eigenvalue weighted by Gasteiger charge is 2.22. The number of nitrogens with two attached hydrogens (primary N) is 1. The number of benzene rings is 1. The van der Waals surface area contributed by atoms with Gasteiger partial charge in [0.05, 0.1) is 6.54 Å². The van der Waals surface area contributed by atoms with Crippen LogP contribution in [-0.2, 0) is 11.2 Å². The Morgan fingerprint density at radius 1 is 1.43 bits per heavy atom. The number of alkyl carbamates (subject to hydrolysis) is 1. The third-order valence-electron chi connectivity index (χ3n) is 2.19. The minimum absolute atomic E-state index is 0.0499. The van der Waals surface area contributed by atoms with E-state index in [2.05, 4.69) is 5.32 Å². The predicted molar refractivity (Wildman–Crippen MR) is 52.8 cm³/mol. The Morgan fingerprint density at radius 2 is 2.14 bits per heavy atom. The Balaban J connectivity index is 1.97. The van der Waals surface area contributed by atoms with E-state index in [0.29, 0.717) is 6.54 Å². The topological polar surface area (TPSA) is 64.3 Å². The van der Waals surface area contributed by atoms with E-state index in [0.717, 1.165) is 17.7 Å². The van der Waals surface area contributed by atoms with E-state index in [1.165, 1.54) is 0 Å². The zero-order valence-electron chi connectivity index (χ0n) is 7.69. The van der Waals surface area contributed by atoms with Gasteiger partial charge in [0.15, 0.2) is 0 Å². The van der Waals surface area contributed by atoms with Crippen molar-refractivity contribution >= 4 is 11.8 Å². The molecule has 1 atom stereocenters. The molecule has 14 heavy (non-hydrogen) atoms. The fourth-order valence-corrected chi connectivity index (χ4v) is 1.46. The first-order valence-corrected chi connectivity index (χ1v) is 4.53. The minimum Gasteiger partial charge on any atom is -0.444 e. The number of ether oxygens (including phenoxy) is 1. The van der Waals surface area contributed by atoms with Crippen LogP contribution in [0, 0.1) is 0 Å². The van der Waals surface area contributed by atoms with Gasteiger partial charge < -0.3 is 15.8 Å². The monoisotopic (exact) mass is 192 g/mol.